The third kappa shape index (κ3) is 13.2. The van der Waals surface area contributed by atoms with Crippen LogP contribution in [0.5, 0.6) is 5.75 Å². The van der Waals surface area contributed by atoms with Crippen molar-refractivity contribution in [3.8, 4) is 16.9 Å². The predicted molar refractivity (Wildman–Crippen MR) is 245 cm³/mol. The molecule has 1 aliphatic carbocycles. The summed E-state index contributed by atoms with van der Waals surface area (Å²) in [5.41, 5.74) is 5.68. The highest BCUT2D eigenvalue weighted by Gasteiger charge is 2.42. The van der Waals surface area contributed by atoms with E-state index in [9.17, 15) is 24.6 Å². The van der Waals surface area contributed by atoms with Crippen molar-refractivity contribution in [2.45, 2.75) is 65.2 Å². The summed E-state index contributed by atoms with van der Waals surface area (Å²) in [6, 6.07) is 32.4. The molecule has 0 spiro atoms. The van der Waals surface area contributed by atoms with Gasteiger partial charge in [0.15, 0.2) is 0 Å². The summed E-state index contributed by atoms with van der Waals surface area (Å²) in [5, 5.41) is 30.6. The number of nitrogens with zero attached hydrogens (tertiary/aromatic N) is 2. The molecule has 12 heteroatoms. The summed E-state index contributed by atoms with van der Waals surface area (Å²) >= 11 is 0. The number of phenols is 1. The average Bonchev–Trinajstić information content (AvgIpc) is 3.83. The molecule has 2 heterocycles. The number of aliphatic hydroxyl groups is 1. The molecule has 1 aromatic heterocycles. The number of likely N-dealkylation sites (tertiary alicyclic amines) is 1. The van der Waals surface area contributed by atoms with Crippen molar-refractivity contribution in [2.75, 3.05) is 58.7 Å². The molecule has 2 aliphatic rings. The molecule has 1 saturated carbocycles. The van der Waals surface area contributed by atoms with E-state index >= 15 is 0 Å². The van der Waals surface area contributed by atoms with Gasteiger partial charge in [-0.25, -0.2) is 4.79 Å². The van der Waals surface area contributed by atoms with Gasteiger partial charge in [-0.1, -0.05) is 99.6 Å². The van der Waals surface area contributed by atoms with E-state index < -0.39 is 12.2 Å². The Balaban J connectivity index is 0.00000111. The van der Waals surface area contributed by atoms with E-state index in [1.807, 2.05) is 75.5 Å². The zero-order valence-electron chi connectivity index (χ0n) is 36.3. The summed E-state index contributed by atoms with van der Waals surface area (Å²) < 4.78 is 5.92. The van der Waals surface area contributed by atoms with E-state index in [4.69, 9.17) is 4.74 Å². The monoisotopic (exact) mass is 832 g/mol. The summed E-state index contributed by atoms with van der Waals surface area (Å²) in [6.07, 6.45) is 1.46. The van der Waals surface area contributed by atoms with Gasteiger partial charge in [-0.15, -0.1) is 0 Å². The number of carbonyl (C=O) groups is 2. The van der Waals surface area contributed by atoms with Gasteiger partial charge in [0.05, 0.1) is 17.3 Å². The lowest BCUT2D eigenvalue weighted by Crippen LogP contribution is -2.35. The number of H-pyrrole nitrogens is 1. The van der Waals surface area contributed by atoms with Crippen molar-refractivity contribution in [1.82, 2.24) is 25.4 Å². The highest BCUT2D eigenvalue weighted by molar-refractivity contribution is 5.91. The maximum atomic E-state index is 13.0. The fourth-order valence-electron chi connectivity index (χ4n) is 8.17. The molecule has 4 aromatic carbocycles. The molecule has 5 aromatic rings. The number of ether oxygens (including phenoxy) is 1. The number of para-hydroxylation sites is 1. The van der Waals surface area contributed by atoms with Crippen LogP contribution in [0.15, 0.2) is 108 Å². The Morgan fingerprint density at radius 2 is 1.61 bits per heavy atom. The highest BCUT2D eigenvalue weighted by atomic mass is 16.6. The number of aromatic amines is 1. The van der Waals surface area contributed by atoms with Gasteiger partial charge >= 0.3 is 6.09 Å². The summed E-state index contributed by atoms with van der Waals surface area (Å²) in [5.74, 6) is 1.01. The Hall–Kier alpha value is -5.53. The Morgan fingerprint density at radius 1 is 0.918 bits per heavy atom. The summed E-state index contributed by atoms with van der Waals surface area (Å²) in [6.45, 7) is 11.2. The second-order valence-electron chi connectivity index (χ2n) is 15.6. The quantitative estimate of drug-likeness (QED) is 0.0595. The number of amides is 2. The van der Waals surface area contributed by atoms with Crippen LogP contribution in [0, 0.1) is 11.8 Å². The second-order valence-corrected chi connectivity index (χ2v) is 15.6. The molecule has 2 fully saturated rings. The van der Waals surface area contributed by atoms with Gasteiger partial charge in [-0.05, 0) is 85.1 Å². The van der Waals surface area contributed by atoms with Crippen LogP contribution in [0.3, 0.4) is 0 Å². The third-order valence-electron chi connectivity index (χ3n) is 11.3. The Morgan fingerprint density at radius 3 is 2.33 bits per heavy atom. The Bertz CT molecular complexity index is 2200. The number of likely N-dealkylation sites (N-methyl/N-ethyl adjacent to an activating group) is 1. The first-order valence-corrected chi connectivity index (χ1v) is 21.7. The van der Waals surface area contributed by atoms with Crippen molar-refractivity contribution in [2.24, 2.45) is 11.8 Å². The van der Waals surface area contributed by atoms with E-state index in [0.717, 1.165) is 61.4 Å². The molecule has 2 amide bonds. The number of aromatic hydroxyl groups is 1. The first-order chi connectivity index (χ1) is 29.6. The van der Waals surface area contributed by atoms with Crippen LogP contribution in [-0.2, 0) is 22.5 Å². The Labute approximate surface area is 360 Å². The first kappa shape index (κ1) is 46.5. The molecule has 1 saturated heterocycles. The van der Waals surface area contributed by atoms with Crippen LogP contribution in [0.25, 0.3) is 22.0 Å². The number of phenolic OH excluding ortho intramolecular Hbond substituents is 1. The lowest BCUT2D eigenvalue weighted by molar-refractivity contribution is -0.129. The lowest BCUT2D eigenvalue weighted by atomic mass is 10.0. The number of hydrogen-bond donors (Lipinski definition) is 6. The number of fused-ring (bicyclic) bond motifs is 2. The van der Waals surface area contributed by atoms with E-state index in [1.54, 1.807) is 24.1 Å². The maximum Gasteiger partial charge on any atom is 0.411 e. The molecule has 4 atom stereocenters. The van der Waals surface area contributed by atoms with Gasteiger partial charge in [0.2, 0.25) is 11.5 Å². The lowest BCUT2D eigenvalue weighted by Gasteiger charge is -2.20. The number of nitrogens with one attached hydrogen (secondary N) is 4. The zero-order valence-corrected chi connectivity index (χ0v) is 36.3. The topological polar surface area (TPSA) is 159 Å². The van der Waals surface area contributed by atoms with E-state index in [2.05, 4.69) is 57.0 Å². The van der Waals surface area contributed by atoms with Crippen molar-refractivity contribution in [3.63, 3.8) is 0 Å². The average molecular weight is 833 g/mol. The maximum absolute atomic E-state index is 13.0. The molecule has 0 radical (unpaired) electrons. The second kappa shape index (κ2) is 23.5. The highest BCUT2D eigenvalue weighted by Crippen LogP contribution is 2.40. The predicted octanol–water partition coefficient (Wildman–Crippen LogP) is 7.33. The number of hydrogen-bond acceptors (Lipinski definition) is 9. The van der Waals surface area contributed by atoms with E-state index in [1.165, 1.54) is 17.7 Å². The molecule has 12 nitrogen and oxygen atoms in total. The van der Waals surface area contributed by atoms with Gasteiger partial charge in [0.25, 0.3) is 0 Å². The standard InChI is InChI=1S/C44H49N5O6.C3H9N.C2H6/c1-48(21-20-45-25-40(51)36-15-17-39(50)43-37(36)16-18-41(52)47-43)42(53)19-14-29-8-7-9-30(22-29)26-49-27-32-23-34(24-33(32)28-49)55-44(54)46-38-13-6-5-12-35(38)31-10-3-2-4-11-31;1-3-4-2;1-2/h2-13,15-18,22,32-34,40,45,50-51H,14,19-21,23-28H2,1H3,(H,46,54)(H,47,52);4H,3H2,1-2H3;1-2H3/t32-,33+,34?,40?;;. The minimum absolute atomic E-state index is 0.0516. The van der Waals surface area contributed by atoms with Gasteiger partial charge in [0, 0.05) is 69.8 Å². The number of rotatable bonds is 15. The number of aliphatic hydroxyl groups excluding tert-OH is 1. The van der Waals surface area contributed by atoms with Crippen LogP contribution in [0.1, 0.15) is 62.8 Å². The van der Waals surface area contributed by atoms with E-state index in [0.29, 0.717) is 54.2 Å². The molecule has 61 heavy (non-hydrogen) atoms. The molecule has 2 unspecified atom stereocenters. The molecular weight excluding hydrogens is 769 g/mol. The fraction of sp³-hybridized carbons (Fsp3) is 0.408. The van der Waals surface area contributed by atoms with Crippen LogP contribution >= 0.6 is 0 Å². The smallest absolute Gasteiger partial charge is 0.411 e. The summed E-state index contributed by atoms with van der Waals surface area (Å²) in [4.78, 5) is 44.4. The first-order valence-electron chi connectivity index (χ1n) is 21.7. The van der Waals surface area contributed by atoms with Crippen molar-refractivity contribution >= 4 is 28.6 Å². The van der Waals surface area contributed by atoms with Crippen LogP contribution < -0.4 is 21.5 Å². The normalized spacial score (nSPS) is 17.3. The number of aromatic nitrogens is 1. The van der Waals surface area contributed by atoms with Gasteiger partial charge < -0.3 is 35.5 Å². The Kier molecular flexibility index (Phi) is 17.9. The molecular formula is C49H64N6O6. The number of aryl methyl sites for hydroxylation is 1. The summed E-state index contributed by atoms with van der Waals surface area (Å²) in [7, 11) is 3.72. The van der Waals surface area contributed by atoms with Crippen molar-refractivity contribution in [3.05, 3.63) is 130 Å². The van der Waals surface area contributed by atoms with Crippen molar-refractivity contribution < 1.29 is 24.5 Å². The molecule has 0 bridgehead atoms. The van der Waals surface area contributed by atoms with Crippen LogP contribution in [0.2, 0.25) is 0 Å². The molecule has 1 aliphatic heterocycles. The molecule has 326 valence electrons. The number of anilines is 1. The third-order valence-corrected chi connectivity index (χ3v) is 11.3. The largest absolute Gasteiger partial charge is 0.506 e. The number of pyridine rings is 1. The molecule has 6 N–H and O–H groups in total. The van der Waals surface area contributed by atoms with Gasteiger partial charge in [0.1, 0.15) is 11.9 Å². The fourth-order valence-corrected chi connectivity index (χ4v) is 8.17. The number of carbonyl (C=O) groups excluding carboxylic acids is 2. The zero-order chi connectivity index (χ0) is 43.7. The van der Waals surface area contributed by atoms with E-state index in [-0.39, 0.29) is 29.9 Å². The molecule has 7 rings (SSSR count). The van der Waals surface area contributed by atoms with Gasteiger partial charge in [-0.3, -0.25) is 19.8 Å². The minimum Gasteiger partial charge on any atom is -0.506 e. The van der Waals surface area contributed by atoms with Crippen LogP contribution in [-0.4, -0.2) is 96.5 Å². The number of benzene rings is 4. The van der Waals surface area contributed by atoms with Crippen molar-refractivity contribution in [1.29, 1.82) is 0 Å². The van der Waals surface area contributed by atoms with Crippen LogP contribution in [0.4, 0.5) is 10.5 Å². The minimum atomic E-state index is -0.860. The SMILES string of the molecule is CC.CCNC.CN(CCNCC(O)c1ccc(O)c2[nH]c(=O)ccc12)C(=O)CCc1cccc(CN2C[C@H]3CC(OC(=O)Nc4ccccc4-c4ccccc4)C[C@H]3C2)c1. The van der Waals surface area contributed by atoms with Gasteiger partial charge in [-0.2, -0.15) is 0 Å².